The minimum Gasteiger partial charge on any atom is -0.497 e. The topological polar surface area (TPSA) is 44.5 Å². The zero-order valence-corrected chi connectivity index (χ0v) is 7.98. The van der Waals surface area contributed by atoms with Crippen molar-refractivity contribution in [2.45, 2.75) is 0 Å². The number of nitrogens with two attached hydrogens (primary N) is 1. The molecule has 1 aromatic rings. The van der Waals surface area contributed by atoms with Gasteiger partial charge in [-0.2, -0.15) is 5.90 Å². The van der Waals surface area contributed by atoms with Gasteiger partial charge < -0.3 is 9.57 Å². The van der Waals surface area contributed by atoms with Crippen molar-refractivity contribution < 1.29 is 9.57 Å². The van der Waals surface area contributed by atoms with Crippen LogP contribution in [-0.2, 0) is 0 Å². The lowest BCUT2D eigenvalue weighted by Crippen LogP contribution is -2.02. The Hall–Kier alpha value is -0.640. The Balaban J connectivity index is 0.00000121. The van der Waals surface area contributed by atoms with Crippen molar-refractivity contribution in [3.8, 4) is 11.5 Å². The number of benzene rings is 1. The Morgan fingerprint density at radius 2 is 2.08 bits per heavy atom. The van der Waals surface area contributed by atoms with E-state index in [0.29, 0.717) is 16.5 Å². The van der Waals surface area contributed by atoms with Gasteiger partial charge in [0.25, 0.3) is 0 Å². The normalized spacial score (nSPS) is 8.58. The maximum absolute atomic E-state index is 5.69. The van der Waals surface area contributed by atoms with E-state index >= 15 is 0 Å². The van der Waals surface area contributed by atoms with Crippen LogP contribution in [0.3, 0.4) is 0 Å². The molecule has 0 radical (unpaired) electrons. The molecule has 0 aromatic heterocycles. The van der Waals surface area contributed by atoms with E-state index in [1.54, 1.807) is 25.3 Å². The first kappa shape index (κ1) is 11.4. The summed E-state index contributed by atoms with van der Waals surface area (Å²) in [5.74, 6) is 6.00. The smallest absolute Gasteiger partial charge is 0.169 e. The molecule has 0 fully saturated rings. The molecule has 12 heavy (non-hydrogen) atoms. The summed E-state index contributed by atoms with van der Waals surface area (Å²) in [6.07, 6.45) is 0. The van der Waals surface area contributed by atoms with Crippen LogP contribution in [0.1, 0.15) is 0 Å². The molecule has 0 aliphatic rings. The molecule has 0 saturated heterocycles. The quantitative estimate of drug-likeness (QED) is 0.759. The Kier molecular flexibility index (Phi) is 4.81. The molecule has 0 atom stereocenters. The van der Waals surface area contributed by atoms with Gasteiger partial charge in [0.2, 0.25) is 0 Å². The number of hydrogen-bond donors (Lipinski definition) is 1. The van der Waals surface area contributed by atoms with E-state index in [2.05, 4.69) is 4.84 Å². The molecule has 1 aromatic carbocycles. The molecule has 0 amide bonds. The van der Waals surface area contributed by atoms with E-state index in [-0.39, 0.29) is 12.4 Å². The number of halogens is 2. The third kappa shape index (κ3) is 2.44. The first-order chi connectivity index (χ1) is 5.27. The van der Waals surface area contributed by atoms with Crippen LogP contribution >= 0.6 is 24.0 Å². The van der Waals surface area contributed by atoms with Crippen LogP contribution < -0.4 is 15.5 Å². The lowest BCUT2D eigenvalue weighted by Gasteiger charge is -2.03. The minimum absolute atomic E-state index is 0. The molecule has 0 spiro atoms. The zero-order chi connectivity index (χ0) is 8.27. The summed E-state index contributed by atoms with van der Waals surface area (Å²) in [5.41, 5.74) is 0. The Labute approximate surface area is 81.8 Å². The monoisotopic (exact) mass is 209 g/mol. The SMILES string of the molecule is COc1ccc(Cl)c(ON)c1.Cl. The van der Waals surface area contributed by atoms with Crippen molar-refractivity contribution in [2.75, 3.05) is 7.11 Å². The average molecular weight is 210 g/mol. The van der Waals surface area contributed by atoms with Crippen LogP contribution in [0.5, 0.6) is 11.5 Å². The molecule has 0 unspecified atom stereocenters. The van der Waals surface area contributed by atoms with Crippen LogP contribution in [-0.4, -0.2) is 7.11 Å². The number of rotatable bonds is 2. The third-order valence-corrected chi connectivity index (χ3v) is 1.58. The van der Waals surface area contributed by atoms with E-state index in [1.807, 2.05) is 0 Å². The number of ether oxygens (including phenoxy) is 1. The van der Waals surface area contributed by atoms with E-state index in [0.717, 1.165) is 0 Å². The van der Waals surface area contributed by atoms with Crippen molar-refractivity contribution >= 4 is 24.0 Å². The highest BCUT2D eigenvalue weighted by Crippen LogP contribution is 2.27. The molecule has 68 valence electrons. The van der Waals surface area contributed by atoms with Crippen LogP contribution in [0.25, 0.3) is 0 Å². The Morgan fingerprint density at radius 1 is 1.42 bits per heavy atom. The second-order valence-electron chi connectivity index (χ2n) is 1.91. The fourth-order valence-electron chi connectivity index (χ4n) is 0.701. The molecule has 0 saturated carbocycles. The summed E-state index contributed by atoms with van der Waals surface area (Å²) in [7, 11) is 1.56. The fourth-order valence-corrected chi connectivity index (χ4v) is 0.863. The van der Waals surface area contributed by atoms with Crippen molar-refractivity contribution in [2.24, 2.45) is 5.90 Å². The zero-order valence-electron chi connectivity index (χ0n) is 6.41. The Morgan fingerprint density at radius 3 is 2.58 bits per heavy atom. The highest BCUT2D eigenvalue weighted by Gasteiger charge is 2.01. The summed E-state index contributed by atoms with van der Waals surface area (Å²) in [4.78, 5) is 4.48. The van der Waals surface area contributed by atoms with Crippen LogP contribution in [0, 0.1) is 0 Å². The summed E-state index contributed by atoms with van der Waals surface area (Å²) in [6, 6.07) is 5.00. The molecule has 3 nitrogen and oxygen atoms in total. The van der Waals surface area contributed by atoms with Gasteiger partial charge in [0.15, 0.2) is 5.75 Å². The first-order valence-corrected chi connectivity index (χ1v) is 3.36. The largest absolute Gasteiger partial charge is 0.497 e. The minimum atomic E-state index is 0. The van der Waals surface area contributed by atoms with Gasteiger partial charge in [0.05, 0.1) is 12.1 Å². The number of hydrogen-bond acceptors (Lipinski definition) is 3. The maximum atomic E-state index is 5.69. The molecule has 0 heterocycles. The van der Waals surface area contributed by atoms with E-state index < -0.39 is 0 Å². The molecule has 0 bridgehead atoms. The molecular formula is C7H9Cl2NO2. The van der Waals surface area contributed by atoms with E-state index in [9.17, 15) is 0 Å². The molecular weight excluding hydrogens is 201 g/mol. The van der Waals surface area contributed by atoms with Crippen molar-refractivity contribution in [3.05, 3.63) is 23.2 Å². The maximum Gasteiger partial charge on any atom is 0.169 e. The van der Waals surface area contributed by atoms with Crippen molar-refractivity contribution in [1.82, 2.24) is 0 Å². The Bertz CT molecular complexity index is 255. The summed E-state index contributed by atoms with van der Waals surface area (Å²) < 4.78 is 4.92. The first-order valence-electron chi connectivity index (χ1n) is 2.98. The number of methoxy groups -OCH3 is 1. The van der Waals surface area contributed by atoms with Gasteiger partial charge in [-0.3, -0.25) is 0 Å². The predicted molar refractivity (Wildman–Crippen MR) is 50.1 cm³/mol. The van der Waals surface area contributed by atoms with E-state index in [1.165, 1.54) is 0 Å². The standard InChI is InChI=1S/C7H8ClNO2.ClH/c1-10-5-2-3-6(8)7(4-5)11-9;/h2-4H,9H2,1H3;1H. The van der Waals surface area contributed by atoms with Gasteiger partial charge in [0.1, 0.15) is 5.75 Å². The van der Waals surface area contributed by atoms with Gasteiger partial charge >= 0.3 is 0 Å². The summed E-state index contributed by atoms with van der Waals surface area (Å²) in [5, 5.41) is 0.466. The second-order valence-corrected chi connectivity index (χ2v) is 2.32. The third-order valence-electron chi connectivity index (χ3n) is 1.27. The van der Waals surface area contributed by atoms with E-state index in [4.69, 9.17) is 22.2 Å². The highest BCUT2D eigenvalue weighted by atomic mass is 35.5. The lowest BCUT2D eigenvalue weighted by atomic mass is 10.3. The molecule has 0 aliphatic carbocycles. The highest BCUT2D eigenvalue weighted by molar-refractivity contribution is 6.32. The van der Waals surface area contributed by atoms with Crippen LogP contribution in [0.4, 0.5) is 0 Å². The van der Waals surface area contributed by atoms with Crippen LogP contribution in [0.2, 0.25) is 5.02 Å². The molecule has 2 N–H and O–H groups in total. The second kappa shape index (κ2) is 5.09. The van der Waals surface area contributed by atoms with Gasteiger partial charge in [0, 0.05) is 6.07 Å². The average Bonchev–Trinajstić information content (AvgIpc) is 2.05. The lowest BCUT2D eigenvalue weighted by molar-refractivity contribution is 0.331. The van der Waals surface area contributed by atoms with Gasteiger partial charge in [-0.25, -0.2) is 0 Å². The summed E-state index contributed by atoms with van der Waals surface area (Å²) >= 11 is 5.69. The molecule has 5 heteroatoms. The van der Waals surface area contributed by atoms with Gasteiger partial charge in [-0.1, -0.05) is 11.6 Å². The van der Waals surface area contributed by atoms with Crippen LogP contribution in [0.15, 0.2) is 18.2 Å². The van der Waals surface area contributed by atoms with Gasteiger partial charge in [-0.05, 0) is 12.1 Å². The van der Waals surface area contributed by atoms with Gasteiger partial charge in [-0.15, -0.1) is 12.4 Å². The molecule has 1 rings (SSSR count). The molecule has 0 aliphatic heterocycles. The predicted octanol–water partition coefficient (Wildman–Crippen LogP) is 2.02. The summed E-state index contributed by atoms with van der Waals surface area (Å²) in [6.45, 7) is 0. The fraction of sp³-hybridized carbons (Fsp3) is 0.143. The van der Waals surface area contributed by atoms with Crippen molar-refractivity contribution in [1.29, 1.82) is 0 Å². The van der Waals surface area contributed by atoms with Crippen molar-refractivity contribution in [3.63, 3.8) is 0 Å².